The number of aromatic nitrogens is 2. The van der Waals surface area contributed by atoms with Gasteiger partial charge in [-0.15, -0.1) is 0 Å². The summed E-state index contributed by atoms with van der Waals surface area (Å²) in [4.78, 5) is 23.4. The third-order valence-electron chi connectivity index (χ3n) is 4.97. The Balaban J connectivity index is 1.76. The predicted molar refractivity (Wildman–Crippen MR) is 107 cm³/mol. The van der Waals surface area contributed by atoms with Crippen LogP contribution in [0.5, 0.6) is 5.75 Å². The quantitative estimate of drug-likeness (QED) is 0.810. The van der Waals surface area contributed by atoms with Gasteiger partial charge >= 0.3 is 0 Å². The van der Waals surface area contributed by atoms with Gasteiger partial charge in [0.05, 0.1) is 25.2 Å². The third kappa shape index (κ3) is 4.33. The van der Waals surface area contributed by atoms with E-state index in [1.807, 2.05) is 17.9 Å². The molecule has 1 aromatic carbocycles. The van der Waals surface area contributed by atoms with Crippen LogP contribution < -0.4 is 10.1 Å². The second-order valence-electron chi connectivity index (χ2n) is 6.77. The predicted octanol–water partition coefficient (Wildman–Crippen LogP) is 4.60. The van der Waals surface area contributed by atoms with Gasteiger partial charge in [0.15, 0.2) is 0 Å². The second kappa shape index (κ2) is 8.57. The van der Waals surface area contributed by atoms with Crippen molar-refractivity contribution in [2.45, 2.75) is 45.6 Å². The Morgan fingerprint density at radius 1 is 1.33 bits per heavy atom. The van der Waals surface area contributed by atoms with Gasteiger partial charge in [0, 0.05) is 23.7 Å². The number of anilines is 2. The number of ether oxygens (including phenoxy) is 1. The van der Waals surface area contributed by atoms with E-state index in [0.717, 1.165) is 37.1 Å². The molecule has 6 nitrogen and oxygen atoms in total. The molecule has 3 rings (SSSR count). The highest BCUT2D eigenvalue weighted by Crippen LogP contribution is 2.32. The second-order valence-corrected chi connectivity index (χ2v) is 7.18. The van der Waals surface area contributed by atoms with Crippen molar-refractivity contribution in [3.05, 3.63) is 40.8 Å². The minimum Gasteiger partial charge on any atom is -0.495 e. The molecule has 1 aliphatic rings. The Kier molecular flexibility index (Phi) is 6.16. The fraction of sp³-hybridized carbons (Fsp3) is 0.450. The smallest absolute Gasteiger partial charge is 0.274 e. The van der Waals surface area contributed by atoms with Crippen molar-refractivity contribution in [1.82, 2.24) is 14.9 Å². The number of amides is 1. The van der Waals surface area contributed by atoms with Gasteiger partial charge in [-0.1, -0.05) is 18.5 Å². The van der Waals surface area contributed by atoms with Crippen molar-refractivity contribution in [2.24, 2.45) is 0 Å². The molecule has 0 radical (unpaired) electrons. The number of piperidine rings is 1. The summed E-state index contributed by atoms with van der Waals surface area (Å²) in [5.74, 6) is 1.12. The molecule has 7 heteroatoms. The molecule has 1 unspecified atom stereocenters. The van der Waals surface area contributed by atoms with Crippen LogP contribution in [0.15, 0.2) is 24.5 Å². The first-order valence-electron chi connectivity index (χ1n) is 9.27. The Labute approximate surface area is 164 Å². The standard InChI is InChI=1S/C20H25ClN4O2/c1-4-14-7-5-6-8-25(14)20(26)17-11-23-19(12-22-17)24-16-9-13(2)15(21)10-18(16)27-3/h9-12,14H,4-8H2,1-3H3,(H,23,24). The average Bonchev–Trinajstić information content (AvgIpc) is 2.70. The van der Waals surface area contributed by atoms with Crippen molar-refractivity contribution in [1.29, 1.82) is 0 Å². The minimum atomic E-state index is -0.0412. The molecular weight excluding hydrogens is 364 g/mol. The van der Waals surface area contributed by atoms with Crippen LogP contribution in [0.4, 0.5) is 11.5 Å². The van der Waals surface area contributed by atoms with E-state index in [1.165, 1.54) is 12.6 Å². The highest BCUT2D eigenvalue weighted by Gasteiger charge is 2.27. The molecule has 2 aromatic rings. The number of aryl methyl sites for hydroxylation is 1. The van der Waals surface area contributed by atoms with Gasteiger partial charge in [0.25, 0.3) is 5.91 Å². The van der Waals surface area contributed by atoms with E-state index in [2.05, 4.69) is 22.2 Å². The topological polar surface area (TPSA) is 67.4 Å². The van der Waals surface area contributed by atoms with Crippen LogP contribution in [0.25, 0.3) is 0 Å². The van der Waals surface area contributed by atoms with Crippen molar-refractivity contribution < 1.29 is 9.53 Å². The van der Waals surface area contributed by atoms with Crippen LogP contribution in [0.3, 0.4) is 0 Å². The van der Waals surface area contributed by atoms with E-state index >= 15 is 0 Å². The molecule has 1 aromatic heterocycles. The van der Waals surface area contributed by atoms with E-state index in [-0.39, 0.29) is 5.91 Å². The summed E-state index contributed by atoms with van der Waals surface area (Å²) in [7, 11) is 1.59. The molecule has 1 amide bonds. The Morgan fingerprint density at radius 2 is 2.15 bits per heavy atom. The van der Waals surface area contributed by atoms with Crippen LogP contribution in [0.1, 0.15) is 48.7 Å². The molecule has 1 saturated heterocycles. The van der Waals surface area contributed by atoms with Crippen molar-refractivity contribution in [3.63, 3.8) is 0 Å². The zero-order valence-corrected chi connectivity index (χ0v) is 16.7. The Bertz CT molecular complexity index is 810. The summed E-state index contributed by atoms with van der Waals surface area (Å²) in [6.45, 7) is 4.83. The van der Waals surface area contributed by atoms with Gasteiger partial charge in [0.2, 0.25) is 0 Å². The van der Waals surface area contributed by atoms with Gasteiger partial charge in [-0.2, -0.15) is 0 Å². The van der Waals surface area contributed by atoms with Crippen molar-refractivity contribution in [3.8, 4) is 5.75 Å². The summed E-state index contributed by atoms with van der Waals surface area (Å²) >= 11 is 6.14. The number of nitrogens with one attached hydrogen (secondary N) is 1. The van der Waals surface area contributed by atoms with E-state index in [4.69, 9.17) is 16.3 Å². The Hall–Kier alpha value is -2.34. The van der Waals surface area contributed by atoms with Crippen molar-refractivity contribution >= 4 is 29.0 Å². The maximum Gasteiger partial charge on any atom is 0.274 e. The lowest BCUT2D eigenvalue weighted by atomic mass is 10.00. The van der Waals surface area contributed by atoms with Gasteiger partial charge < -0.3 is 15.0 Å². The molecule has 1 N–H and O–H groups in total. The van der Waals surface area contributed by atoms with Crippen LogP contribution in [-0.2, 0) is 0 Å². The molecule has 144 valence electrons. The van der Waals surface area contributed by atoms with Crippen LogP contribution in [0.2, 0.25) is 5.02 Å². The van der Waals surface area contributed by atoms with Crippen LogP contribution in [0, 0.1) is 6.92 Å². The van der Waals surface area contributed by atoms with E-state index in [1.54, 1.807) is 19.4 Å². The zero-order valence-electron chi connectivity index (χ0n) is 16.0. The minimum absolute atomic E-state index is 0.0412. The summed E-state index contributed by atoms with van der Waals surface area (Å²) in [5, 5.41) is 3.81. The number of carbonyl (C=O) groups excluding carboxylic acids is 1. The molecule has 0 bridgehead atoms. The largest absolute Gasteiger partial charge is 0.495 e. The maximum atomic E-state index is 12.8. The number of methoxy groups -OCH3 is 1. The number of carbonyl (C=O) groups is 1. The summed E-state index contributed by atoms with van der Waals surface area (Å²) in [6.07, 6.45) is 7.35. The fourth-order valence-corrected chi connectivity index (χ4v) is 3.56. The number of hydrogen-bond donors (Lipinski definition) is 1. The molecule has 2 heterocycles. The first kappa shape index (κ1) is 19.4. The van der Waals surface area contributed by atoms with Gasteiger partial charge in [0.1, 0.15) is 17.3 Å². The molecule has 1 aliphatic heterocycles. The monoisotopic (exact) mass is 388 g/mol. The number of benzene rings is 1. The Morgan fingerprint density at radius 3 is 2.81 bits per heavy atom. The number of likely N-dealkylation sites (tertiary alicyclic amines) is 1. The fourth-order valence-electron chi connectivity index (χ4n) is 3.41. The number of halogens is 1. The lowest BCUT2D eigenvalue weighted by Gasteiger charge is -2.34. The molecular formula is C20H25ClN4O2. The zero-order chi connectivity index (χ0) is 19.4. The van der Waals surface area contributed by atoms with Gasteiger partial charge in [-0.05, 0) is 44.2 Å². The highest BCUT2D eigenvalue weighted by molar-refractivity contribution is 6.31. The molecule has 0 saturated carbocycles. The molecule has 0 spiro atoms. The molecule has 27 heavy (non-hydrogen) atoms. The normalized spacial score (nSPS) is 16.9. The SMILES string of the molecule is CCC1CCCCN1C(=O)c1cnc(Nc2cc(C)c(Cl)cc2OC)cn1. The number of rotatable bonds is 5. The highest BCUT2D eigenvalue weighted by atomic mass is 35.5. The number of hydrogen-bond acceptors (Lipinski definition) is 5. The lowest BCUT2D eigenvalue weighted by molar-refractivity contribution is 0.0601. The molecule has 1 atom stereocenters. The van der Waals surface area contributed by atoms with Crippen LogP contribution >= 0.6 is 11.6 Å². The summed E-state index contributed by atoms with van der Waals surface area (Å²) in [5.41, 5.74) is 2.05. The van der Waals surface area contributed by atoms with E-state index in [0.29, 0.717) is 28.3 Å². The van der Waals surface area contributed by atoms with Crippen molar-refractivity contribution in [2.75, 3.05) is 19.0 Å². The molecule has 0 aliphatic carbocycles. The summed E-state index contributed by atoms with van der Waals surface area (Å²) < 4.78 is 5.36. The first-order valence-corrected chi connectivity index (χ1v) is 9.65. The van der Waals surface area contributed by atoms with E-state index in [9.17, 15) is 4.79 Å². The van der Waals surface area contributed by atoms with Crippen LogP contribution in [-0.4, -0.2) is 40.5 Å². The first-order chi connectivity index (χ1) is 13.0. The van der Waals surface area contributed by atoms with Gasteiger partial charge in [-0.25, -0.2) is 9.97 Å². The molecule has 1 fully saturated rings. The average molecular weight is 389 g/mol. The maximum absolute atomic E-state index is 12.8. The van der Waals surface area contributed by atoms with Gasteiger partial charge in [-0.3, -0.25) is 4.79 Å². The summed E-state index contributed by atoms with van der Waals surface area (Å²) in [6, 6.07) is 3.94. The third-order valence-corrected chi connectivity index (χ3v) is 5.38. The number of nitrogens with zero attached hydrogens (tertiary/aromatic N) is 3. The lowest BCUT2D eigenvalue weighted by Crippen LogP contribution is -2.43. The van der Waals surface area contributed by atoms with E-state index < -0.39 is 0 Å².